The van der Waals surface area contributed by atoms with E-state index in [1.807, 2.05) is 17.4 Å². The number of aromatic nitrogens is 2. The number of thiophene rings is 1. The zero-order valence-electron chi connectivity index (χ0n) is 31.1. The van der Waals surface area contributed by atoms with E-state index in [1.165, 1.54) is 70.1 Å². The molecule has 264 valence electrons. The van der Waals surface area contributed by atoms with Crippen molar-refractivity contribution >= 4 is 42.3 Å². The number of fused-ring (bicyclic) bond motifs is 7. The van der Waals surface area contributed by atoms with E-state index in [2.05, 4.69) is 190 Å². The van der Waals surface area contributed by atoms with Crippen molar-refractivity contribution in [3.63, 3.8) is 0 Å². The van der Waals surface area contributed by atoms with Crippen molar-refractivity contribution in [2.24, 2.45) is 0 Å². The molecule has 56 heavy (non-hydrogen) atoms. The van der Waals surface area contributed by atoms with E-state index in [0.717, 1.165) is 39.3 Å². The predicted molar refractivity (Wildman–Crippen MR) is 237 cm³/mol. The predicted octanol–water partition coefficient (Wildman–Crippen LogP) is 14.6. The largest absolute Gasteiger partial charge is 0.228 e. The summed E-state index contributed by atoms with van der Waals surface area (Å²) >= 11 is 1.83. The molecule has 0 amide bonds. The number of hydrogen-bond acceptors (Lipinski definition) is 3. The maximum Gasteiger partial charge on any atom is 0.160 e. The van der Waals surface area contributed by atoms with Gasteiger partial charge in [-0.25, -0.2) is 9.97 Å². The summed E-state index contributed by atoms with van der Waals surface area (Å²) in [6.45, 7) is 4.67. The van der Waals surface area contributed by atoms with Crippen LogP contribution in [0.15, 0.2) is 182 Å². The molecule has 0 spiro atoms. The van der Waals surface area contributed by atoms with Crippen LogP contribution >= 0.6 is 11.3 Å². The Morgan fingerprint density at radius 1 is 0.375 bits per heavy atom. The normalized spacial score (nSPS) is 13.0. The Morgan fingerprint density at radius 2 is 0.964 bits per heavy atom. The molecule has 0 bridgehead atoms. The summed E-state index contributed by atoms with van der Waals surface area (Å²) in [5.41, 5.74) is 15.4. The van der Waals surface area contributed by atoms with Gasteiger partial charge in [0.05, 0.1) is 11.4 Å². The lowest BCUT2D eigenvalue weighted by atomic mass is 9.82. The minimum atomic E-state index is 0.00519. The maximum absolute atomic E-state index is 5.26. The lowest BCUT2D eigenvalue weighted by Gasteiger charge is -2.21. The molecule has 0 N–H and O–H groups in total. The third-order valence-corrected chi connectivity index (χ3v) is 13.0. The Bertz CT molecular complexity index is 3150. The number of nitrogens with zero attached hydrogens (tertiary/aromatic N) is 2. The maximum atomic E-state index is 5.26. The molecule has 0 saturated carbocycles. The van der Waals surface area contributed by atoms with Crippen LogP contribution in [0.4, 0.5) is 0 Å². The molecule has 0 radical (unpaired) electrons. The molecule has 2 heterocycles. The average Bonchev–Trinajstić information content (AvgIpc) is 3.75. The summed E-state index contributed by atoms with van der Waals surface area (Å²) < 4.78 is 2.53. The fourth-order valence-corrected chi connectivity index (χ4v) is 10.1. The van der Waals surface area contributed by atoms with Crippen molar-refractivity contribution in [1.29, 1.82) is 0 Å². The highest BCUT2D eigenvalue weighted by molar-refractivity contribution is 7.26. The third kappa shape index (κ3) is 5.16. The first-order chi connectivity index (χ1) is 27.5. The van der Waals surface area contributed by atoms with Gasteiger partial charge in [0.2, 0.25) is 0 Å². The van der Waals surface area contributed by atoms with Gasteiger partial charge >= 0.3 is 0 Å². The Hall–Kier alpha value is -6.68. The quantitative estimate of drug-likeness (QED) is 0.176. The zero-order valence-corrected chi connectivity index (χ0v) is 31.9. The second-order valence-electron chi connectivity index (χ2n) is 15.3. The second kappa shape index (κ2) is 12.7. The van der Waals surface area contributed by atoms with Gasteiger partial charge in [-0.3, -0.25) is 0 Å². The van der Waals surface area contributed by atoms with Crippen molar-refractivity contribution in [3.05, 3.63) is 193 Å². The van der Waals surface area contributed by atoms with Gasteiger partial charge in [-0.05, 0) is 73.5 Å². The molecular weight excluding hydrogens is 697 g/mol. The van der Waals surface area contributed by atoms with Crippen molar-refractivity contribution in [1.82, 2.24) is 9.97 Å². The Morgan fingerprint density at radius 3 is 1.79 bits per heavy atom. The van der Waals surface area contributed by atoms with Crippen LogP contribution in [0.2, 0.25) is 0 Å². The molecule has 0 aliphatic heterocycles. The monoisotopic (exact) mass is 732 g/mol. The standard InChI is InChI=1S/C53H36N2S/c1-53(2)46-21-10-8-17-40(46)45-31-36(27-30-47(45)53)33-23-25-34(26-24-33)37-28-29-41(39-16-7-6-15-38(37)39)48-32-49(55-52(54-48)35-13-4-3-5-14-35)44-20-12-19-43-42-18-9-11-22-50(42)56-51(43)44/h3-32H,1-2H3. The average molecular weight is 733 g/mol. The fourth-order valence-electron chi connectivity index (χ4n) is 8.90. The van der Waals surface area contributed by atoms with E-state index >= 15 is 0 Å². The van der Waals surface area contributed by atoms with E-state index in [9.17, 15) is 0 Å². The molecule has 0 fully saturated rings. The molecule has 11 rings (SSSR count). The van der Waals surface area contributed by atoms with E-state index in [-0.39, 0.29) is 5.41 Å². The molecular formula is C53H36N2S. The topological polar surface area (TPSA) is 25.8 Å². The summed E-state index contributed by atoms with van der Waals surface area (Å²) in [5.74, 6) is 0.721. The van der Waals surface area contributed by atoms with Crippen molar-refractivity contribution in [2.75, 3.05) is 0 Å². The van der Waals surface area contributed by atoms with E-state index in [0.29, 0.717) is 0 Å². The third-order valence-electron chi connectivity index (χ3n) is 11.8. The van der Waals surface area contributed by atoms with Gasteiger partial charge in [0.25, 0.3) is 0 Å². The molecule has 1 aliphatic carbocycles. The van der Waals surface area contributed by atoms with Crippen molar-refractivity contribution in [3.8, 4) is 67.3 Å². The highest BCUT2D eigenvalue weighted by Crippen LogP contribution is 2.49. The lowest BCUT2D eigenvalue weighted by Crippen LogP contribution is -2.14. The van der Waals surface area contributed by atoms with Gasteiger partial charge in [0, 0.05) is 42.3 Å². The first kappa shape index (κ1) is 32.7. The highest BCUT2D eigenvalue weighted by Gasteiger charge is 2.35. The van der Waals surface area contributed by atoms with Gasteiger partial charge in [-0.2, -0.15) is 0 Å². The van der Waals surface area contributed by atoms with Crippen LogP contribution in [-0.4, -0.2) is 9.97 Å². The van der Waals surface area contributed by atoms with E-state index in [4.69, 9.17) is 9.97 Å². The van der Waals surface area contributed by atoms with Gasteiger partial charge in [0.1, 0.15) is 0 Å². The molecule has 2 nitrogen and oxygen atoms in total. The summed E-state index contributed by atoms with van der Waals surface area (Å²) in [7, 11) is 0. The Labute approximate surface area is 330 Å². The summed E-state index contributed by atoms with van der Waals surface area (Å²) in [4.78, 5) is 10.5. The highest BCUT2D eigenvalue weighted by atomic mass is 32.1. The SMILES string of the molecule is CC1(C)c2ccccc2-c2cc(-c3ccc(-c4ccc(-c5cc(-c6cccc7c6sc6ccccc67)nc(-c6ccccc6)n5)c5ccccc45)cc3)ccc21. The van der Waals surface area contributed by atoms with E-state index < -0.39 is 0 Å². The van der Waals surface area contributed by atoms with Gasteiger partial charge < -0.3 is 0 Å². The minimum Gasteiger partial charge on any atom is -0.228 e. The molecule has 1 aliphatic rings. The fraction of sp³-hybridized carbons (Fsp3) is 0.0566. The molecule has 0 unspecified atom stereocenters. The zero-order chi connectivity index (χ0) is 37.4. The number of hydrogen-bond donors (Lipinski definition) is 0. The van der Waals surface area contributed by atoms with Gasteiger partial charge in [-0.1, -0.05) is 178 Å². The molecule has 10 aromatic rings. The first-order valence-electron chi connectivity index (χ1n) is 19.2. The van der Waals surface area contributed by atoms with Crippen LogP contribution < -0.4 is 0 Å². The van der Waals surface area contributed by atoms with Crippen LogP contribution in [0.25, 0.3) is 98.2 Å². The van der Waals surface area contributed by atoms with Crippen LogP contribution in [0.5, 0.6) is 0 Å². The van der Waals surface area contributed by atoms with Crippen LogP contribution in [0.1, 0.15) is 25.0 Å². The van der Waals surface area contributed by atoms with Gasteiger partial charge in [-0.15, -0.1) is 11.3 Å². The summed E-state index contributed by atoms with van der Waals surface area (Å²) in [5, 5.41) is 4.90. The second-order valence-corrected chi connectivity index (χ2v) is 16.4. The Balaban J connectivity index is 1.02. The lowest BCUT2D eigenvalue weighted by molar-refractivity contribution is 0.660. The molecule has 2 aromatic heterocycles. The first-order valence-corrected chi connectivity index (χ1v) is 20.1. The molecule has 8 aromatic carbocycles. The summed E-state index contributed by atoms with van der Waals surface area (Å²) in [6, 6.07) is 65.9. The molecule has 3 heteroatoms. The molecule has 0 atom stereocenters. The number of rotatable bonds is 5. The molecule has 0 saturated heterocycles. The minimum absolute atomic E-state index is 0.00519. The summed E-state index contributed by atoms with van der Waals surface area (Å²) in [6.07, 6.45) is 0. The Kier molecular flexibility index (Phi) is 7.42. The van der Waals surface area contributed by atoms with Gasteiger partial charge in [0.15, 0.2) is 5.82 Å². The van der Waals surface area contributed by atoms with Crippen molar-refractivity contribution in [2.45, 2.75) is 19.3 Å². The van der Waals surface area contributed by atoms with Crippen LogP contribution in [-0.2, 0) is 5.41 Å². The smallest absolute Gasteiger partial charge is 0.160 e. The van der Waals surface area contributed by atoms with Crippen LogP contribution in [0, 0.1) is 0 Å². The van der Waals surface area contributed by atoms with Crippen molar-refractivity contribution < 1.29 is 0 Å². The number of benzene rings is 8. The van der Waals surface area contributed by atoms with Crippen LogP contribution in [0.3, 0.4) is 0 Å². The van der Waals surface area contributed by atoms with E-state index in [1.54, 1.807) is 0 Å².